The van der Waals surface area contributed by atoms with Crippen LogP contribution in [0.2, 0.25) is 0 Å². The summed E-state index contributed by atoms with van der Waals surface area (Å²) in [6.07, 6.45) is 5.15. The van der Waals surface area contributed by atoms with Crippen molar-refractivity contribution >= 4 is 11.4 Å². The molecule has 2 rings (SSSR count). The van der Waals surface area contributed by atoms with Gasteiger partial charge in [-0.2, -0.15) is 5.10 Å². The Morgan fingerprint density at radius 3 is 2.80 bits per heavy atom. The van der Waals surface area contributed by atoms with Gasteiger partial charge in [-0.05, 0) is 31.0 Å². The molecule has 0 aliphatic carbocycles. The van der Waals surface area contributed by atoms with Crippen molar-refractivity contribution in [1.82, 2.24) is 9.78 Å². The molecule has 1 aromatic heterocycles. The van der Waals surface area contributed by atoms with Gasteiger partial charge in [0.15, 0.2) is 0 Å². The fourth-order valence-electron chi connectivity index (χ4n) is 2.25. The Hall–Kier alpha value is -1.97. The maximum absolute atomic E-state index is 4.35. The highest BCUT2D eigenvalue weighted by Crippen LogP contribution is 2.22. The van der Waals surface area contributed by atoms with Crippen molar-refractivity contribution in [3.63, 3.8) is 0 Å². The van der Waals surface area contributed by atoms with Crippen molar-refractivity contribution in [3.8, 4) is 0 Å². The van der Waals surface area contributed by atoms with Gasteiger partial charge in [0.25, 0.3) is 0 Å². The molecule has 0 spiro atoms. The molecular weight excluding hydrogens is 248 g/mol. The van der Waals surface area contributed by atoms with Gasteiger partial charge < -0.3 is 10.2 Å². The van der Waals surface area contributed by atoms with Crippen molar-refractivity contribution in [3.05, 3.63) is 41.7 Å². The highest BCUT2D eigenvalue weighted by atomic mass is 15.3. The van der Waals surface area contributed by atoms with Crippen LogP contribution in [0.5, 0.6) is 0 Å². The molecule has 1 aromatic carbocycles. The van der Waals surface area contributed by atoms with E-state index >= 15 is 0 Å². The van der Waals surface area contributed by atoms with E-state index in [0.29, 0.717) is 0 Å². The Bertz CT molecular complexity index is 557. The maximum atomic E-state index is 4.35. The summed E-state index contributed by atoms with van der Waals surface area (Å²) in [6.45, 7) is 6.08. The molecule has 4 nitrogen and oxygen atoms in total. The average Bonchev–Trinajstić information content (AvgIpc) is 2.86. The quantitative estimate of drug-likeness (QED) is 0.876. The minimum absolute atomic E-state index is 0.805. The van der Waals surface area contributed by atoms with Crippen molar-refractivity contribution < 1.29 is 0 Å². The van der Waals surface area contributed by atoms with Crippen molar-refractivity contribution in [2.45, 2.75) is 33.4 Å². The van der Waals surface area contributed by atoms with Crippen molar-refractivity contribution in [2.24, 2.45) is 0 Å². The standard InChI is InChI=1S/C16H24N4/c1-5-8-20-12-14(11-18-20)10-17-15-7-6-13(2)16(9-15)19(3)4/h6-7,9,11-12,17H,5,8,10H2,1-4H3. The van der Waals surface area contributed by atoms with E-state index in [1.54, 1.807) is 0 Å². The van der Waals surface area contributed by atoms with Crippen LogP contribution < -0.4 is 10.2 Å². The smallest absolute Gasteiger partial charge is 0.0539 e. The monoisotopic (exact) mass is 272 g/mol. The van der Waals surface area contributed by atoms with Crippen LogP contribution in [0.15, 0.2) is 30.6 Å². The summed E-state index contributed by atoms with van der Waals surface area (Å²) in [7, 11) is 4.14. The zero-order valence-corrected chi connectivity index (χ0v) is 12.8. The van der Waals surface area contributed by atoms with Crippen LogP contribution in [0.3, 0.4) is 0 Å². The first-order valence-electron chi connectivity index (χ1n) is 7.13. The summed E-state index contributed by atoms with van der Waals surface area (Å²) in [6, 6.07) is 6.46. The number of anilines is 2. The fraction of sp³-hybridized carbons (Fsp3) is 0.438. The summed E-state index contributed by atoms with van der Waals surface area (Å²) >= 11 is 0. The van der Waals surface area contributed by atoms with E-state index in [4.69, 9.17) is 0 Å². The molecule has 0 aliphatic rings. The summed E-state index contributed by atoms with van der Waals surface area (Å²) in [4.78, 5) is 2.14. The Morgan fingerprint density at radius 1 is 1.30 bits per heavy atom. The number of aromatic nitrogens is 2. The second-order valence-electron chi connectivity index (χ2n) is 5.36. The lowest BCUT2D eigenvalue weighted by molar-refractivity contribution is 0.602. The number of hydrogen-bond acceptors (Lipinski definition) is 3. The third-order valence-corrected chi connectivity index (χ3v) is 3.33. The molecule has 0 saturated carbocycles. The zero-order valence-electron chi connectivity index (χ0n) is 12.8. The molecule has 0 fully saturated rings. The minimum atomic E-state index is 0.805. The van der Waals surface area contributed by atoms with E-state index < -0.39 is 0 Å². The number of benzene rings is 1. The lowest BCUT2D eigenvalue weighted by Crippen LogP contribution is -2.10. The van der Waals surface area contributed by atoms with Gasteiger partial charge in [-0.3, -0.25) is 4.68 Å². The molecule has 4 heteroatoms. The highest BCUT2D eigenvalue weighted by molar-refractivity contribution is 5.61. The molecule has 0 bridgehead atoms. The molecule has 0 unspecified atom stereocenters. The van der Waals surface area contributed by atoms with Crippen LogP contribution in [0.4, 0.5) is 11.4 Å². The van der Waals surface area contributed by atoms with Crippen molar-refractivity contribution in [1.29, 1.82) is 0 Å². The average molecular weight is 272 g/mol. The number of nitrogens with zero attached hydrogens (tertiary/aromatic N) is 3. The lowest BCUT2D eigenvalue weighted by Gasteiger charge is -2.17. The van der Waals surface area contributed by atoms with Gasteiger partial charge >= 0.3 is 0 Å². The molecule has 0 amide bonds. The Balaban J connectivity index is 2.01. The fourth-order valence-corrected chi connectivity index (χ4v) is 2.25. The molecule has 0 radical (unpaired) electrons. The van der Waals surface area contributed by atoms with Gasteiger partial charge in [0.2, 0.25) is 0 Å². The first kappa shape index (κ1) is 14.4. The van der Waals surface area contributed by atoms with Gasteiger partial charge in [0.1, 0.15) is 0 Å². The summed E-state index contributed by atoms with van der Waals surface area (Å²) in [5, 5.41) is 7.81. The first-order chi connectivity index (χ1) is 9.60. The molecule has 1 N–H and O–H groups in total. The van der Waals surface area contributed by atoms with Crippen LogP contribution in [0.1, 0.15) is 24.5 Å². The van der Waals surface area contributed by atoms with Crippen LogP contribution in [0, 0.1) is 6.92 Å². The van der Waals surface area contributed by atoms with E-state index in [1.165, 1.54) is 16.8 Å². The predicted molar refractivity (Wildman–Crippen MR) is 85.4 cm³/mol. The van der Waals surface area contributed by atoms with Crippen LogP contribution in [0.25, 0.3) is 0 Å². The Kier molecular flexibility index (Phi) is 4.66. The number of nitrogens with one attached hydrogen (secondary N) is 1. The van der Waals surface area contributed by atoms with E-state index in [9.17, 15) is 0 Å². The van der Waals surface area contributed by atoms with Gasteiger partial charge in [-0.1, -0.05) is 13.0 Å². The minimum Gasteiger partial charge on any atom is -0.381 e. The second kappa shape index (κ2) is 6.46. The first-order valence-corrected chi connectivity index (χ1v) is 7.13. The van der Waals surface area contributed by atoms with E-state index in [-0.39, 0.29) is 0 Å². The molecule has 0 saturated heterocycles. The van der Waals surface area contributed by atoms with Gasteiger partial charge in [0.05, 0.1) is 6.20 Å². The third kappa shape index (κ3) is 3.53. The van der Waals surface area contributed by atoms with Crippen LogP contribution >= 0.6 is 0 Å². The van der Waals surface area contributed by atoms with Crippen LogP contribution in [-0.4, -0.2) is 23.9 Å². The second-order valence-corrected chi connectivity index (χ2v) is 5.36. The van der Waals surface area contributed by atoms with Gasteiger partial charge in [-0.15, -0.1) is 0 Å². The van der Waals surface area contributed by atoms with E-state index in [1.807, 2.05) is 10.9 Å². The Morgan fingerprint density at radius 2 is 2.10 bits per heavy atom. The molecule has 20 heavy (non-hydrogen) atoms. The summed E-state index contributed by atoms with van der Waals surface area (Å²) in [5.41, 5.74) is 4.89. The topological polar surface area (TPSA) is 33.1 Å². The SMILES string of the molecule is CCCn1cc(CNc2ccc(C)c(N(C)C)c2)cn1. The Labute approximate surface area is 121 Å². The number of hydrogen-bond donors (Lipinski definition) is 1. The van der Waals surface area contributed by atoms with Gasteiger partial charge in [-0.25, -0.2) is 0 Å². The highest BCUT2D eigenvalue weighted by Gasteiger charge is 2.03. The molecule has 2 aromatic rings. The molecule has 0 atom stereocenters. The number of rotatable bonds is 6. The van der Waals surface area contributed by atoms with E-state index in [0.717, 1.165) is 25.2 Å². The summed E-state index contributed by atoms with van der Waals surface area (Å²) < 4.78 is 2.00. The number of aryl methyl sites for hydroxylation is 2. The van der Waals surface area contributed by atoms with Crippen LogP contribution in [-0.2, 0) is 13.1 Å². The largest absolute Gasteiger partial charge is 0.381 e. The van der Waals surface area contributed by atoms with Crippen molar-refractivity contribution in [2.75, 3.05) is 24.3 Å². The summed E-state index contributed by atoms with van der Waals surface area (Å²) in [5.74, 6) is 0. The molecule has 108 valence electrons. The normalized spacial score (nSPS) is 10.6. The molecule has 1 heterocycles. The predicted octanol–water partition coefficient (Wildman–Crippen LogP) is 3.28. The maximum Gasteiger partial charge on any atom is 0.0539 e. The third-order valence-electron chi connectivity index (χ3n) is 3.33. The van der Waals surface area contributed by atoms with E-state index in [2.05, 4.69) is 67.7 Å². The lowest BCUT2D eigenvalue weighted by atomic mass is 10.1. The zero-order chi connectivity index (χ0) is 14.5. The van der Waals surface area contributed by atoms with Gasteiger partial charge in [0, 0.05) is 50.3 Å². The molecular formula is C16H24N4. The molecule has 0 aliphatic heterocycles.